The highest BCUT2D eigenvalue weighted by atomic mass is 19.4. The molecule has 0 radical (unpaired) electrons. The quantitative estimate of drug-likeness (QED) is 0.363. The monoisotopic (exact) mass is 524 g/mol. The lowest BCUT2D eigenvalue weighted by Gasteiger charge is -2.40. The minimum absolute atomic E-state index is 0.0211. The Bertz CT molecular complexity index is 1250. The SMILES string of the molecule is CN1C(=O)c2ccccc2C(C(=O)NCCCn2ccnc2)C1c1cc(C(F)(F)F)cc(C(F)(F)F)c1. The zero-order valence-corrected chi connectivity index (χ0v) is 19.5. The molecule has 37 heavy (non-hydrogen) atoms. The van der Waals surface area contributed by atoms with Crippen LogP contribution < -0.4 is 5.32 Å². The highest BCUT2D eigenvalue weighted by Crippen LogP contribution is 2.45. The van der Waals surface area contributed by atoms with Crippen LogP contribution in [0.3, 0.4) is 0 Å². The van der Waals surface area contributed by atoms with Gasteiger partial charge in [0.1, 0.15) is 0 Å². The number of carbonyl (C=O) groups is 2. The number of aryl methyl sites for hydroxylation is 1. The van der Waals surface area contributed by atoms with E-state index in [2.05, 4.69) is 10.3 Å². The van der Waals surface area contributed by atoms with Gasteiger partial charge in [-0.1, -0.05) is 18.2 Å². The van der Waals surface area contributed by atoms with Gasteiger partial charge in [0.2, 0.25) is 5.91 Å². The van der Waals surface area contributed by atoms with E-state index >= 15 is 0 Å². The van der Waals surface area contributed by atoms with Crippen molar-refractivity contribution in [3.8, 4) is 0 Å². The lowest BCUT2D eigenvalue weighted by atomic mass is 9.78. The third-order valence-electron chi connectivity index (χ3n) is 6.27. The normalized spacial score (nSPS) is 18.0. The number of likely N-dealkylation sites (N-methyl/N-ethyl adjacent to an activating group) is 1. The van der Waals surface area contributed by atoms with E-state index in [-0.39, 0.29) is 23.7 Å². The van der Waals surface area contributed by atoms with Gasteiger partial charge in [-0.25, -0.2) is 4.98 Å². The van der Waals surface area contributed by atoms with Crippen LogP contribution in [0.15, 0.2) is 61.2 Å². The molecule has 2 aromatic carbocycles. The van der Waals surface area contributed by atoms with Gasteiger partial charge in [0.15, 0.2) is 0 Å². The molecule has 0 spiro atoms. The summed E-state index contributed by atoms with van der Waals surface area (Å²) in [4.78, 5) is 31.4. The topological polar surface area (TPSA) is 67.2 Å². The van der Waals surface area contributed by atoms with Crippen molar-refractivity contribution >= 4 is 11.8 Å². The van der Waals surface area contributed by atoms with Gasteiger partial charge in [-0.3, -0.25) is 9.59 Å². The molecule has 0 saturated heterocycles. The van der Waals surface area contributed by atoms with Crippen molar-refractivity contribution in [3.63, 3.8) is 0 Å². The van der Waals surface area contributed by atoms with Crippen molar-refractivity contribution in [2.45, 2.75) is 37.3 Å². The lowest BCUT2D eigenvalue weighted by molar-refractivity contribution is -0.143. The number of hydrogen-bond donors (Lipinski definition) is 1. The van der Waals surface area contributed by atoms with E-state index < -0.39 is 52.8 Å². The Hall–Kier alpha value is -3.83. The molecule has 0 fully saturated rings. The highest BCUT2D eigenvalue weighted by molar-refractivity contribution is 6.01. The smallest absolute Gasteiger partial charge is 0.355 e. The molecule has 3 aromatic rings. The summed E-state index contributed by atoms with van der Waals surface area (Å²) in [5.74, 6) is -2.47. The Kier molecular flexibility index (Phi) is 7.03. The van der Waals surface area contributed by atoms with Crippen LogP contribution in [0.2, 0.25) is 0 Å². The van der Waals surface area contributed by atoms with Crippen LogP contribution in [0.1, 0.15) is 51.0 Å². The van der Waals surface area contributed by atoms with E-state index in [0.29, 0.717) is 25.1 Å². The molecule has 2 amide bonds. The molecule has 1 aliphatic heterocycles. The molecule has 2 unspecified atom stereocenters. The number of fused-ring (bicyclic) bond motifs is 1. The van der Waals surface area contributed by atoms with E-state index in [9.17, 15) is 35.9 Å². The van der Waals surface area contributed by atoms with Crippen molar-refractivity contribution in [1.82, 2.24) is 19.8 Å². The fraction of sp³-hybridized carbons (Fsp3) is 0.320. The maximum atomic E-state index is 13.6. The van der Waals surface area contributed by atoms with Crippen molar-refractivity contribution in [1.29, 1.82) is 0 Å². The number of halogens is 6. The average Bonchev–Trinajstić information content (AvgIpc) is 3.36. The summed E-state index contributed by atoms with van der Waals surface area (Å²) >= 11 is 0. The molecule has 2 heterocycles. The van der Waals surface area contributed by atoms with Crippen molar-refractivity contribution in [2.24, 2.45) is 0 Å². The Balaban J connectivity index is 1.75. The molecular formula is C25H22F6N4O2. The molecular weight excluding hydrogens is 502 g/mol. The largest absolute Gasteiger partial charge is 0.416 e. The summed E-state index contributed by atoms with van der Waals surface area (Å²) in [6.07, 6.45) is -4.72. The standard InChI is InChI=1S/C25H22F6N4O2/c1-34-21(15-11-16(24(26,27)28)13-17(12-15)25(29,30)31)20(18-5-2-3-6-19(18)23(34)37)22(36)33-7-4-9-35-10-8-32-14-35/h2-3,5-6,8,10-14,20-21H,4,7,9H2,1H3,(H,33,36). The number of amides is 2. The molecule has 1 aliphatic rings. The van der Waals surface area contributed by atoms with E-state index in [1.54, 1.807) is 35.4 Å². The number of alkyl halides is 6. The van der Waals surface area contributed by atoms with Crippen LogP contribution in [-0.4, -0.2) is 39.9 Å². The van der Waals surface area contributed by atoms with Crippen molar-refractivity contribution in [2.75, 3.05) is 13.6 Å². The number of carbonyl (C=O) groups excluding carboxylic acids is 2. The van der Waals surface area contributed by atoms with Gasteiger partial charge in [-0.2, -0.15) is 26.3 Å². The first kappa shape index (κ1) is 26.2. The molecule has 0 bridgehead atoms. The predicted octanol–water partition coefficient (Wildman–Crippen LogP) is 5.04. The summed E-state index contributed by atoms with van der Waals surface area (Å²) in [5, 5.41) is 2.73. The number of nitrogens with one attached hydrogen (secondary N) is 1. The number of nitrogens with zero attached hydrogens (tertiary/aromatic N) is 3. The first-order valence-electron chi connectivity index (χ1n) is 11.3. The fourth-order valence-electron chi connectivity index (χ4n) is 4.53. The molecule has 196 valence electrons. The molecule has 2 atom stereocenters. The third-order valence-corrected chi connectivity index (χ3v) is 6.27. The summed E-state index contributed by atoms with van der Waals surface area (Å²) in [6, 6.07) is 5.83. The number of benzene rings is 2. The summed E-state index contributed by atoms with van der Waals surface area (Å²) in [7, 11) is 1.26. The lowest BCUT2D eigenvalue weighted by Crippen LogP contribution is -2.46. The van der Waals surface area contributed by atoms with E-state index in [4.69, 9.17) is 0 Å². The van der Waals surface area contributed by atoms with Crippen LogP contribution in [0.5, 0.6) is 0 Å². The minimum Gasteiger partial charge on any atom is -0.355 e. The van der Waals surface area contributed by atoms with Gasteiger partial charge >= 0.3 is 12.4 Å². The Morgan fingerprint density at radius 1 is 1.03 bits per heavy atom. The molecule has 6 nitrogen and oxygen atoms in total. The number of rotatable bonds is 6. The summed E-state index contributed by atoms with van der Waals surface area (Å²) in [6.45, 7) is 0.725. The second kappa shape index (κ2) is 9.91. The Labute approximate surface area is 207 Å². The van der Waals surface area contributed by atoms with Gasteiger partial charge in [-0.05, 0) is 41.8 Å². The summed E-state index contributed by atoms with van der Waals surface area (Å²) < 4.78 is 83.2. The Morgan fingerprint density at radius 3 is 2.27 bits per heavy atom. The first-order valence-corrected chi connectivity index (χ1v) is 11.3. The average molecular weight is 524 g/mol. The van der Waals surface area contributed by atoms with Crippen LogP contribution in [-0.2, 0) is 23.7 Å². The molecule has 4 rings (SSSR count). The van der Waals surface area contributed by atoms with Crippen molar-refractivity contribution < 1.29 is 35.9 Å². The maximum absolute atomic E-state index is 13.6. The van der Waals surface area contributed by atoms with Gasteiger partial charge in [0.25, 0.3) is 5.91 Å². The first-order chi connectivity index (χ1) is 17.4. The van der Waals surface area contributed by atoms with Gasteiger partial charge in [-0.15, -0.1) is 0 Å². The highest BCUT2D eigenvalue weighted by Gasteiger charge is 2.45. The van der Waals surface area contributed by atoms with E-state index in [1.807, 2.05) is 0 Å². The predicted molar refractivity (Wildman–Crippen MR) is 120 cm³/mol. The van der Waals surface area contributed by atoms with Gasteiger partial charge < -0.3 is 14.8 Å². The fourth-order valence-corrected chi connectivity index (χ4v) is 4.53. The second-order valence-corrected chi connectivity index (χ2v) is 8.71. The molecule has 1 N–H and O–H groups in total. The number of hydrogen-bond acceptors (Lipinski definition) is 3. The minimum atomic E-state index is -5.07. The number of imidazole rings is 1. The molecule has 12 heteroatoms. The second-order valence-electron chi connectivity index (χ2n) is 8.71. The van der Waals surface area contributed by atoms with E-state index in [0.717, 1.165) is 4.90 Å². The number of aromatic nitrogens is 2. The molecule has 1 aromatic heterocycles. The zero-order valence-electron chi connectivity index (χ0n) is 19.5. The van der Waals surface area contributed by atoms with Crippen LogP contribution in [0.25, 0.3) is 0 Å². The molecule has 0 aliphatic carbocycles. The van der Waals surface area contributed by atoms with Gasteiger partial charge in [0.05, 0.1) is 29.4 Å². The molecule has 0 saturated carbocycles. The third kappa shape index (κ3) is 5.47. The Morgan fingerprint density at radius 2 is 1.68 bits per heavy atom. The van der Waals surface area contributed by atoms with E-state index in [1.165, 1.54) is 19.2 Å². The van der Waals surface area contributed by atoms with Crippen LogP contribution in [0.4, 0.5) is 26.3 Å². The van der Waals surface area contributed by atoms with Gasteiger partial charge in [0, 0.05) is 38.1 Å². The maximum Gasteiger partial charge on any atom is 0.416 e. The zero-order chi connectivity index (χ0) is 27.0. The van der Waals surface area contributed by atoms with Crippen LogP contribution in [0, 0.1) is 0 Å². The summed E-state index contributed by atoms with van der Waals surface area (Å²) in [5.41, 5.74) is -3.09. The van der Waals surface area contributed by atoms with Crippen LogP contribution >= 0.6 is 0 Å². The van der Waals surface area contributed by atoms with Crippen molar-refractivity contribution in [3.05, 3.63) is 89.0 Å².